The number of amidine groups is 1. The number of nitrogens with zero attached hydrogens (tertiary/aromatic N) is 1. The Hall–Kier alpha value is -1.51. The topological polar surface area (TPSA) is 50.4 Å². The fourth-order valence-corrected chi connectivity index (χ4v) is 2.51. The summed E-state index contributed by atoms with van der Waals surface area (Å²) in [5.74, 6) is 1.37. The van der Waals surface area contributed by atoms with E-state index in [0.29, 0.717) is 11.8 Å². The Labute approximate surface area is 95.8 Å². The van der Waals surface area contributed by atoms with Crippen LogP contribution in [0.1, 0.15) is 30.4 Å². The van der Waals surface area contributed by atoms with Crippen LogP contribution >= 0.6 is 0 Å². The molecule has 1 atom stereocenters. The minimum Gasteiger partial charge on any atom is -0.383 e. The second kappa shape index (κ2) is 3.51. The van der Waals surface area contributed by atoms with E-state index in [2.05, 4.69) is 35.4 Å². The van der Waals surface area contributed by atoms with E-state index in [-0.39, 0.29) is 6.17 Å². The summed E-state index contributed by atoms with van der Waals surface area (Å²) in [4.78, 5) is 4.59. The summed E-state index contributed by atoms with van der Waals surface area (Å²) in [6.45, 7) is 2.08. The average molecular weight is 215 g/mol. The van der Waals surface area contributed by atoms with Crippen molar-refractivity contribution in [2.45, 2.75) is 32.4 Å². The number of benzene rings is 1. The number of nitrogens with two attached hydrogens (primary N) is 1. The van der Waals surface area contributed by atoms with Gasteiger partial charge in [0.2, 0.25) is 0 Å². The SMILES string of the molecule is Cc1cccc2c1C(N)=NC(C1CCC1)N2. The molecule has 0 bridgehead atoms. The van der Waals surface area contributed by atoms with Gasteiger partial charge < -0.3 is 11.1 Å². The normalized spacial score (nSPS) is 24.1. The highest BCUT2D eigenvalue weighted by Gasteiger charge is 2.30. The fraction of sp³-hybridized carbons (Fsp3) is 0.462. The maximum atomic E-state index is 6.06. The van der Waals surface area contributed by atoms with Gasteiger partial charge in [-0.25, -0.2) is 4.99 Å². The van der Waals surface area contributed by atoms with Crippen LogP contribution in [0.2, 0.25) is 0 Å². The van der Waals surface area contributed by atoms with Gasteiger partial charge in [0.15, 0.2) is 0 Å². The molecule has 84 valence electrons. The number of hydrogen-bond donors (Lipinski definition) is 2. The average Bonchev–Trinajstić information content (AvgIpc) is 2.14. The van der Waals surface area contributed by atoms with Crippen LogP contribution in [0.3, 0.4) is 0 Å². The van der Waals surface area contributed by atoms with Gasteiger partial charge in [-0.15, -0.1) is 0 Å². The predicted molar refractivity (Wildman–Crippen MR) is 66.7 cm³/mol. The summed E-state index contributed by atoms with van der Waals surface area (Å²) in [5, 5.41) is 3.50. The molecule has 1 aliphatic carbocycles. The summed E-state index contributed by atoms with van der Waals surface area (Å²) in [6.07, 6.45) is 4.08. The number of fused-ring (bicyclic) bond motifs is 1. The molecule has 2 aliphatic rings. The van der Waals surface area contributed by atoms with E-state index in [0.717, 1.165) is 11.3 Å². The van der Waals surface area contributed by atoms with Crippen LogP contribution in [-0.4, -0.2) is 12.0 Å². The minimum absolute atomic E-state index is 0.197. The highest BCUT2D eigenvalue weighted by atomic mass is 15.1. The van der Waals surface area contributed by atoms with Crippen LogP contribution in [0.15, 0.2) is 23.2 Å². The van der Waals surface area contributed by atoms with Gasteiger partial charge in [0, 0.05) is 11.3 Å². The lowest BCUT2D eigenvalue weighted by molar-refractivity contribution is 0.278. The molecular formula is C13H17N3. The molecule has 1 aliphatic heterocycles. The molecule has 1 saturated carbocycles. The lowest BCUT2D eigenvalue weighted by Crippen LogP contribution is -2.38. The largest absolute Gasteiger partial charge is 0.383 e. The minimum atomic E-state index is 0.197. The van der Waals surface area contributed by atoms with Gasteiger partial charge in [-0.05, 0) is 37.3 Å². The van der Waals surface area contributed by atoms with Crippen molar-refractivity contribution < 1.29 is 0 Å². The number of aryl methyl sites for hydroxylation is 1. The molecule has 0 amide bonds. The monoisotopic (exact) mass is 215 g/mol. The predicted octanol–water partition coefficient (Wildman–Crippen LogP) is 2.25. The molecule has 3 heteroatoms. The maximum Gasteiger partial charge on any atom is 0.130 e. The van der Waals surface area contributed by atoms with E-state index < -0.39 is 0 Å². The lowest BCUT2D eigenvalue weighted by Gasteiger charge is -2.35. The third kappa shape index (κ3) is 1.39. The summed E-state index contributed by atoms with van der Waals surface area (Å²) in [5.41, 5.74) is 9.48. The van der Waals surface area contributed by atoms with Crippen LogP contribution in [0.25, 0.3) is 0 Å². The number of anilines is 1. The Morgan fingerprint density at radius 1 is 1.38 bits per heavy atom. The van der Waals surface area contributed by atoms with E-state index in [4.69, 9.17) is 5.73 Å². The second-order valence-electron chi connectivity index (χ2n) is 4.79. The third-order valence-electron chi connectivity index (χ3n) is 3.71. The van der Waals surface area contributed by atoms with Crippen molar-refractivity contribution >= 4 is 11.5 Å². The maximum absolute atomic E-state index is 6.06. The number of nitrogens with one attached hydrogen (secondary N) is 1. The van der Waals surface area contributed by atoms with Crippen LogP contribution < -0.4 is 11.1 Å². The van der Waals surface area contributed by atoms with Crippen LogP contribution in [0, 0.1) is 12.8 Å². The van der Waals surface area contributed by atoms with E-state index in [1.165, 1.54) is 24.8 Å². The van der Waals surface area contributed by atoms with E-state index in [1.807, 2.05) is 0 Å². The molecule has 0 saturated heterocycles. The number of aliphatic imine (C=N–C) groups is 1. The first kappa shape index (κ1) is 9.70. The standard InChI is InChI=1S/C13H17N3/c1-8-4-2-7-10-11(8)12(14)16-13(15-10)9-5-3-6-9/h2,4,7,9,13,15H,3,5-6H2,1H3,(H2,14,16). The molecule has 1 fully saturated rings. The summed E-state index contributed by atoms with van der Waals surface area (Å²) >= 11 is 0. The third-order valence-corrected chi connectivity index (χ3v) is 3.71. The first-order chi connectivity index (χ1) is 7.75. The van der Waals surface area contributed by atoms with Gasteiger partial charge in [-0.1, -0.05) is 18.6 Å². The molecule has 16 heavy (non-hydrogen) atoms. The van der Waals surface area contributed by atoms with Crippen molar-refractivity contribution in [1.82, 2.24) is 0 Å². The fourth-order valence-electron chi connectivity index (χ4n) is 2.51. The molecule has 3 nitrogen and oxygen atoms in total. The highest BCUT2D eigenvalue weighted by Crippen LogP contribution is 2.35. The van der Waals surface area contributed by atoms with Gasteiger partial charge in [0.1, 0.15) is 12.0 Å². The molecule has 1 aromatic rings. The van der Waals surface area contributed by atoms with Gasteiger partial charge >= 0.3 is 0 Å². The van der Waals surface area contributed by atoms with Crippen LogP contribution in [-0.2, 0) is 0 Å². The Bertz CT molecular complexity index is 446. The molecule has 3 N–H and O–H groups in total. The Morgan fingerprint density at radius 2 is 2.19 bits per heavy atom. The summed E-state index contributed by atoms with van der Waals surface area (Å²) in [7, 11) is 0. The zero-order valence-electron chi connectivity index (χ0n) is 9.53. The molecule has 3 rings (SSSR count). The quantitative estimate of drug-likeness (QED) is 0.755. The Kier molecular flexibility index (Phi) is 2.13. The summed E-state index contributed by atoms with van der Waals surface area (Å²) in [6, 6.07) is 6.24. The number of rotatable bonds is 1. The van der Waals surface area contributed by atoms with Gasteiger partial charge in [-0.3, -0.25) is 0 Å². The van der Waals surface area contributed by atoms with Crippen molar-refractivity contribution in [3.05, 3.63) is 29.3 Å². The molecule has 1 unspecified atom stereocenters. The Balaban J connectivity index is 1.98. The van der Waals surface area contributed by atoms with Crippen LogP contribution in [0.5, 0.6) is 0 Å². The van der Waals surface area contributed by atoms with Crippen molar-refractivity contribution in [1.29, 1.82) is 0 Å². The van der Waals surface area contributed by atoms with Crippen LogP contribution in [0.4, 0.5) is 5.69 Å². The Morgan fingerprint density at radius 3 is 2.88 bits per heavy atom. The van der Waals surface area contributed by atoms with Gasteiger partial charge in [0.25, 0.3) is 0 Å². The highest BCUT2D eigenvalue weighted by molar-refractivity contribution is 6.05. The first-order valence-corrected chi connectivity index (χ1v) is 5.95. The van der Waals surface area contributed by atoms with Crippen molar-refractivity contribution in [2.75, 3.05) is 5.32 Å². The zero-order chi connectivity index (χ0) is 11.1. The zero-order valence-corrected chi connectivity index (χ0v) is 9.53. The molecule has 0 spiro atoms. The molecule has 0 radical (unpaired) electrons. The van der Waals surface area contributed by atoms with Crippen molar-refractivity contribution in [3.8, 4) is 0 Å². The van der Waals surface area contributed by atoms with Gasteiger partial charge in [0.05, 0.1) is 0 Å². The van der Waals surface area contributed by atoms with Crippen molar-refractivity contribution in [2.24, 2.45) is 16.6 Å². The van der Waals surface area contributed by atoms with E-state index in [9.17, 15) is 0 Å². The molecule has 1 aromatic carbocycles. The first-order valence-electron chi connectivity index (χ1n) is 5.95. The number of hydrogen-bond acceptors (Lipinski definition) is 3. The van der Waals surface area contributed by atoms with E-state index in [1.54, 1.807) is 0 Å². The summed E-state index contributed by atoms with van der Waals surface area (Å²) < 4.78 is 0. The van der Waals surface area contributed by atoms with Crippen molar-refractivity contribution in [3.63, 3.8) is 0 Å². The molecule has 0 aromatic heterocycles. The lowest BCUT2D eigenvalue weighted by atomic mass is 9.82. The molecular weight excluding hydrogens is 198 g/mol. The second-order valence-corrected chi connectivity index (χ2v) is 4.79. The van der Waals surface area contributed by atoms with E-state index >= 15 is 0 Å². The smallest absolute Gasteiger partial charge is 0.130 e. The molecule has 1 heterocycles. The van der Waals surface area contributed by atoms with Gasteiger partial charge in [-0.2, -0.15) is 0 Å².